The van der Waals surface area contributed by atoms with Crippen molar-refractivity contribution in [2.24, 2.45) is 0 Å². The van der Waals surface area contributed by atoms with Gasteiger partial charge in [0.1, 0.15) is 0 Å². The van der Waals surface area contributed by atoms with Crippen LogP contribution in [0.25, 0.3) is 22.4 Å². The number of amides is 1. The number of nitrogens with zero attached hydrogens (tertiary/aromatic N) is 1. The Balaban J connectivity index is 1.66. The van der Waals surface area contributed by atoms with Gasteiger partial charge in [-0.25, -0.2) is 0 Å². The van der Waals surface area contributed by atoms with Gasteiger partial charge in [-0.3, -0.25) is 9.78 Å². The van der Waals surface area contributed by atoms with Crippen LogP contribution < -0.4 is 5.32 Å². The van der Waals surface area contributed by atoms with E-state index in [2.05, 4.69) is 47.6 Å². The highest BCUT2D eigenvalue weighted by Crippen LogP contribution is 2.30. The molecule has 4 heteroatoms. The molecule has 0 aliphatic heterocycles. The Labute approximate surface area is 181 Å². The first-order chi connectivity index (χ1) is 14.6. The molecule has 0 atom stereocenters. The number of thioether (sulfide) groups is 1. The lowest BCUT2D eigenvalue weighted by atomic mass is 9.98. The minimum absolute atomic E-state index is 0.128. The highest BCUT2D eigenvalue weighted by atomic mass is 32.2. The van der Waals surface area contributed by atoms with E-state index in [1.165, 1.54) is 5.56 Å². The SMILES string of the molecule is CSc1ccc(C(=O)Nc2cccc(-c3ccccn3)c2)c(-c2ccc(C)cc2)c1. The lowest BCUT2D eigenvalue weighted by Crippen LogP contribution is -2.13. The minimum Gasteiger partial charge on any atom is -0.322 e. The van der Waals surface area contributed by atoms with E-state index in [1.807, 2.05) is 60.9 Å². The van der Waals surface area contributed by atoms with Crippen molar-refractivity contribution in [2.45, 2.75) is 11.8 Å². The van der Waals surface area contributed by atoms with Crippen LogP contribution in [0.15, 0.2) is 96.0 Å². The fourth-order valence-corrected chi connectivity index (χ4v) is 3.75. The van der Waals surface area contributed by atoms with Gasteiger partial charge in [0.2, 0.25) is 0 Å². The average Bonchev–Trinajstić information content (AvgIpc) is 2.80. The quantitative estimate of drug-likeness (QED) is 0.372. The Morgan fingerprint density at radius 3 is 2.43 bits per heavy atom. The molecule has 3 nitrogen and oxygen atoms in total. The first kappa shape index (κ1) is 19.9. The number of hydrogen-bond donors (Lipinski definition) is 1. The number of hydrogen-bond acceptors (Lipinski definition) is 3. The number of aromatic nitrogens is 1. The van der Waals surface area contributed by atoms with Gasteiger partial charge in [-0.2, -0.15) is 0 Å². The zero-order valence-corrected chi connectivity index (χ0v) is 17.7. The second-order valence-corrected chi connectivity index (χ2v) is 7.91. The van der Waals surface area contributed by atoms with Crippen molar-refractivity contribution in [3.63, 3.8) is 0 Å². The van der Waals surface area contributed by atoms with Crippen LogP contribution in [0, 0.1) is 6.92 Å². The number of pyridine rings is 1. The predicted molar refractivity (Wildman–Crippen MR) is 126 cm³/mol. The largest absolute Gasteiger partial charge is 0.322 e. The minimum atomic E-state index is -0.128. The summed E-state index contributed by atoms with van der Waals surface area (Å²) in [5.74, 6) is -0.128. The van der Waals surface area contributed by atoms with Gasteiger partial charge in [0.25, 0.3) is 5.91 Å². The van der Waals surface area contributed by atoms with Crippen molar-refractivity contribution in [3.05, 3.63) is 102 Å². The van der Waals surface area contributed by atoms with Gasteiger partial charge in [0.15, 0.2) is 0 Å². The molecule has 1 amide bonds. The van der Waals surface area contributed by atoms with E-state index in [9.17, 15) is 4.79 Å². The lowest BCUT2D eigenvalue weighted by molar-refractivity contribution is 0.102. The van der Waals surface area contributed by atoms with Crippen LogP contribution in [0.3, 0.4) is 0 Å². The van der Waals surface area contributed by atoms with Crippen molar-refractivity contribution in [2.75, 3.05) is 11.6 Å². The molecule has 4 aromatic rings. The summed E-state index contributed by atoms with van der Waals surface area (Å²) in [5.41, 5.74) is 6.39. The molecule has 0 saturated carbocycles. The molecule has 0 aliphatic carbocycles. The van der Waals surface area contributed by atoms with E-state index in [-0.39, 0.29) is 5.91 Å². The molecule has 0 radical (unpaired) electrons. The third kappa shape index (κ3) is 4.44. The summed E-state index contributed by atoms with van der Waals surface area (Å²) < 4.78 is 0. The maximum Gasteiger partial charge on any atom is 0.256 e. The molecule has 1 heterocycles. The Hall–Kier alpha value is -3.37. The molecule has 30 heavy (non-hydrogen) atoms. The van der Waals surface area contributed by atoms with Gasteiger partial charge in [-0.05, 0) is 66.8 Å². The van der Waals surface area contributed by atoms with E-state index < -0.39 is 0 Å². The Bertz CT molecular complexity index is 1170. The molecule has 0 aliphatic rings. The van der Waals surface area contributed by atoms with Crippen LogP contribution in [-0.2, 0) is 0 Å². The summed E-state index contributed by atoms with van der Waals surface area (Å²) in [4.78, 5) is 18.7. The van der Waals surface area contributed by atoms with Crippen molar-refractivity contribution < 1.29 is 4.79 Å². The Morgan fingerprint density at radius 2 is 1.70 bits per heavy atom. The monoisotopic (exact) mass is 410 g/mol. The third-order valence-corrected chi connectivity index (χ3v) is 5.64. The smallest absolute Gasteiger partial charge is 0.256 e. The maximum absolute atomic E-state index is 13.2. The molecule has 148 valence electrons. The number of carbonyl (C=O) groups excluding carboxylic acids is 1. The zero-order valence-electron chi connectivity index (χ0n) is 16.9. The van der Waals surface area contributed by atoms with Crippen molar-refractivity contribution in [3.8, 4) is 22.4 Å². The fourth-order valence-electron chi connectivity index (χ4n) is 3.31. The van der Waals surface area contributed by atoms with E-state index in [4.69, 9.17) is 0 Å². The van der Waals surface area contributed by atoms with Crippen LogP contribution in [-0.4, -0.2) is 17.1 Å². The van der Waals surface area contributed by atoms with Crippen LogP contribution in [0.2, 0.25) is 0 Å². The Morgan fingerprint density at radius 1 is 0.867 bits per heavy atom. The second kappa shape index (κ2) is 8.97. The second-order valence-electron chi connectivity index (χ2n) is 7.03. The van der Waals surface area contributed by atoms with E-state index in [0.717, 1.165) is 33.0 Å². The first-order valence-corrected chi connectivity index (χ1v) is 10.9. The lowest BCUT2D eigenvalue weighted by Gasteiger charge is -2.13. The summed E-state index contributed by atoms with van der Waals surface area (Å²) in [7, 11) is 0. The van der Waals surface area contributed by atoms with E-state index in [0.29, 0.717) is 5.56 Å². The highest BCUT2D eigenvalue weighted by Gasteiger charge is 2.14. The van der Waals surface area contributed by atoms with E-state index >= 15 is 0 Å². The predicted octanol–water partition coefficient (Wildman–Crippen LogP) is 6.70. The van der Waals surface area contributed by atoms with Crippen LogP contribution in [0.1, 0.15) is 15.9 Å². The average molecular weight is 411 g/mol. The molecular formula is C26H22N2OS. The van der Waals surface area contributed by atoms with Crippen LogP contribution in [0.4, 0.5) is 5.69 Å². The van der Waals surface area contributed by atoms with E-state index in [1.54, 1.807) is 18.0 Å². The summed E-state index contributed by atoms with van der Waals surface area (Å²) in [5, 5.41) is 3.05. The summed E-state index contributed by atoms with van der Waals surface area (Å²) in [6.07, 6.45) is 3.80. The van der Waals surface area contributed by atoms with Crippen molar-refractivity contribution >= 4 is 23.4 Å². The molecular weight excluding hydrogens is 388 g/mol. The molecule has 1 N–H and O–H groups in total. The number of rotatable bonds is 5. The van der Waals surface area contributed by atoms with Gasteiger partial charge in [-0.15, -0.1) is 11.8 Å². The molecule has 0 fully saturated rings. The molecule has 4 rings (SSSR count). The van der Waals surface area contributed by atoms with Crippen molar-refractivity contribution in [1.29, 1.82) is 0 Å². The van der Waals surface area contributed by atoms with Crippen LogP contribution >= 0.6 is 11.8 Å². The van der Waals surface area contributed by atoms with Crippen LogP contribution in [0.5, 0.6) is 0 Å². The number of carbonyl (C=O) groups is 1. The molecule has 0 bridgehead atoms. The fraction of sp³-hybridized carbons (Fsp3) is 0.0769. The summed E-state index contributed by atoms with van der Waals surface area (Å²) >= 11 is 1.67. The number of benzene rings is 3. The number of aryl methyl sites for hydroxylation is 1. The molecule has 3 aromatic carbocycles. The molecule has 1 aromatic heterocycles. The van der Waals surface area contributed by atoms with Crippen molar-refractivity contribution in [1.82, 2.24) is 4.98 Å². The maximum atomic E-state index is 13.2. The standard InChI is InChI=1S/C26H22N2OS/c1-18-9-11-19(12-10-18)24-17-22(30-2)13-14-23(24)26(29)28-21-7-5-6-20(16-21)25-8-3-4-15-27-25/h3-17H,1-2H3,(H,28,29). The van der Waals surface area contributed by atoms with Gasteiger partial charge < -0.3 is 5.32 Å². The third-order valence-electron chi connectivity index (χ3n) is 4.92. The number of nitrogens with one attached hydrogen (secondary N) is 1. The van der Waals surface area contributed by atoms with Gasteiger partial charge >= 0.3 is 0 Å². The molecule has 0 unspecified atom stereocenters. The normalized spacial score (nSPS) is 10.6. The summed E-state index contributed by atoms with van der Waals surface area (Å²) in [6, 6.07) is 27.8. The summed E-state index contributed by atoms with van der Waals surface area (Å²) in [6.45, 7) is 2.06. The van der Waals surface area contributed by atoms with Gasteiger partial charge in [-0.1, -0.05) is 48.0 Å². The zero-order chi connectivity index (χ0) is 20.9. The molecule has 0 saturated heterocycles. The molecule has 0 spiro atoms. The topological polar surface area (TPSA) is 42.0 Å². The Kier molecular flexibility index (Phi) is 5.96. The number of anilines is 1. The first-order valence-electron chi connectivity index (χ1n) is 9.72. The highest BCUT2D eigenvalue weighted by molar-refractivity contribution is 7.98. The van der Waals surface area contributed by atoms with Gasteiger partial charge in [0, 0.05) is 27.9 Å². The van der Waals surface area contributed by atoms with Gasteiger partial charge in [0.05, 0.1) is 5.69 Å².